The normalized spacial score (nSPS) is 26.1. The number of carbonyl (C=O) groups is 2. The molecule has 0 radical (unpaired) electrons. The van der Waals surface area contributed by atoms with E-state index < -0.39 is 5.41 Å². The van der Waals surface area contributed by atoms with E-state index in [1.165, 1.54) is 0 Å². The molecule has 1 aromatic rings. The zero-order chi connectivity index (χ0) is 12.8. The van der Waals surface area contributed by atoms with Crippen LogP contribution in [0.3, 0.4) is 0 Å². The second-order valence-electron chi connectivity index (χ2n) is 4.97. The Hall–Kier alpha value is -1.84. The van der Waals surface area contributed by atoms with Crippen molar-refractivity contribution in [2.24, 2.45) is 5.41 Å². The Morgan fingerprint density at radius 1 is 1.33 bits per heavy atom. The molecule has 1 atom stereocenters. The van der Waals surface area contributed by atoms with Gasteiger partial charge in [-0.3, -0.25) is 9.59 Å². The van der Waals surface area contributed by atoms with Crippen LogP contribution >= 0.6 is 0 Å². The van der Waals surface area contributed by atoms with Crippen LogP contribution in [0.4, 0.5) is 0 Å². The number of methoxy groups -OCH3 is 1. The van der Waals surface area contributed by atoms with E-state index in [1.807, 2.05) is 6.07 Å². The zero-order valence-corrected chi connectivity index (χ0v) is 10.2. The van der Waals surface area contributed by atoms with E-state index in [9.17, 15) is 9.59 Å². The van der Waals surface area contributed by atoms with Gasteiger partial charge >= 0.3 is 5.97 Å². The standard InChI is InChI=1S/C14H14O4/c1-17-10-2-3-11-9(6-10)4-5-14(13(11)16)7-12(15)18-8-14/h2-3,6H,4-5,7-8H2,1H3. The van der Waals surface area contributed by atoms with Gasteiger partial charge in [-0.25, -0.2) is 0 Å². The van der Waals surface area contributed by atoms with Gasteiger partial charge in [0.25, 0.3) is 0 Å². The Kier molecular flexibility index (Phi) is 2.40. The SMILES string of the molecule is COc1ccc2c(c1)CCC1(COC(=O)C1)C2=O. The number of carbonyl (C=O) groups excluding carboxylic acids is 2. The molecule has 0 N–H and O–H groups in total. The Balaban J connectivity index is 2.00. The van der Waals surface area contributed by atoms with Gasteiger partial charge in [0.05, 0.1) is 18.9 Å². The van der Waals surface area contributed by atoms with Crippen LogP contribution in [0.5, 0.6) is 5.75 Å². The predicted molar refractivity (Wildman–Crippen MR) is 63.7 cm³/mol. The Morgan fingerprint density at radius 2 is 2.17 bits per heavy atom. The molecule has 0 aromatic heterocycles. The monoisotopic (exact) mass is 246 g/mol. The van der Waals surface area contributed by atoms with Crippen molar-refractivity contribution in [3.63, 3.8) is 0 Å². The molecule has 0 bridgehead atoms. The smallest absolute Gasteiger partial charge is 0.306 e. The second-order valence-corrected chi connectivity index (χ2v) is 4.97. The maximum atomic E-state index is 12.5. The maximum absolute atomic E-state index is 12.5. The number of cyclic esters (lactones) is 1. The fourth-order valence-corrected chi connectivity index (χ4v) is 2.80. The number of fused-ring (bicyclic) bond motifs is 1. The molecule has 3 rings (SSSR count). The number of hydrogen-bond acceptors (Lipinski definition) is 4. The highest BCUT2D eigenvalue weighted by Gasteiger charge is 2.49. The molecule has 1 aliphatic heterocycles. The number of ether oxygens (including phenoxy) is 2. The first kappa shape index (κ1) is 11.3. The molecule has 1 fully saturated rings. The molecule has 1 saturated heterocycles. The third-order valence-corrected chi connectivity index (χ3v) is 3.90. The van der Waals surface area contributed by atoms with Crippen LogP contribution in [0.1, 0.15) is 28.8 Å². The maximum Gasteiger partial charge on any atom is 0.306 e. The molecule has 94 valence electrons. The molecule has 4 nitrogen and oxygen atoms in total. The molecule has 1 aromatic carbocycles. The summed E-state index contributed by atoms with van der Waals surface area (Å²) in [5, 5.41) is 0. The third kappa shape index (κ3) is 1.52. The van der Waals surface area contributed by atoms with Crippen LogP contribution in [0.2, 0.25) is 0 Å². The zero-order valence-electron chi connectivity index (χ0n) is 10.2. The Labute approximate surface area is 105 Å². The number of aryl methyl sites for hydroxylation is 1. The van der Waals surface area contributed by atoms with Crippen molar-refractivity contribution in [2.45, 2.75) is 19.3 Å². The first-order valence-corrected chi connectivity index (χ1v) is 6.02. The Morgan fingerprint density at radius 3 is 2.83 bits per heavy atom. The summed E-state index contributed by atoms with van der Waals surface area (Å²) in [6.07, 6.45) is 1.68. The van der Waals surface area contributed by atoms with Gasteiger partial charge in [-0.1, -0.05) is 0 Å². The molecule has 1 heterocycles. The van der Waals surface area contributed by atoms with Crippen molar-refractivity contribution < 1.29 is 19.1 Å². The molecule has 2 aliphatic rings. The minimum absolute atomic E-state index is 0.0391. The van der Waals surface area contributed by atoms with E-state index in [1.54, 1.807) is 19.2 Å². The van der Waals surface area contributed by atoms with Gasteiger partial charge in [0, 0.05) is 5.56 Å². The molecule has 1 spiro atoms. The summed E-state index contributed by atoms with van der Waals surface area (Å²) < 4.78 is 10.2. The fourth-order valence-electron chi connectivity index (χ4n) is 2.80. The quantitative estimate of drug-likeness (QED) is 0.708. The van der Waals surface area contributed by atoms with Gasteiger partial charge in [0.2, 0.25) is 0 Å². The minimum Gasteiger partial charge on any atom is -0.497 e. The third-order valence-electron chi connectivity index (χ3n) is 3.90. The average Bonchev–Trinajstić information content (AvgIpc) is 2.77. The van der Waals surface area contributed by atoms with Crippen LogP contribution in [-0.4, -0.2) is 25.5 Å². The van der Waals surface area contributed by atoms with E-state index in [0.29, 0.717) is 12.0 Å². The molecule has 0 saturated carbocycles. The summed E-state index contributed by atoms with van der Waals surface area (Å²) in [7, 11) is 1.61. The van der Waals surface area contributed by atoms with Crippen LogP contribution in [0, 0.1) is 5.41 Å². The molecule has 4 heteroatoms. The van der Waals surface area contributed by atoms with Crippen molar-refractivity contribution >= 4 is 11.8 Å². The number of ketones is 1. The summed E-state index contributed by atoms with van der Waals surface area (Å²) in [4.78, 5) is 23.8. The van der Waals surface area contributed by atoms with Gasteiger partial charge in [-0.05, 0) is 36.6 Å². The van der Waals surface area contributed by atoms with Crippen LogP contribution < -0.4 is 4.74 Å². The largest absolute Gasteiger partial charge is 0.497 e. The lowest BCUT2D eigenvalue weighted by Gasteiger charge is -2.30. The van der Waals surface area contributed by atoms with Gasteiger partial charge in [0.1, 0.15) is 12.4 Å². The van der Waals surface area contributed by atoms with Crippen LogP contribution in [0.15, 0.2) is 18.2 Å². The van der Waals surface area contributed by atoms with Gasteiger partial charge in [0.15, 0.2) is 5.78 Å². The molecular formula is C14H14O4. The lowest BCUT2D eigenvalue weighted by molar-refractivity contribution is -0.137. The summed E-state index contributed by atoms with van der Waals surface area (Å²) in [6.45, 7) is 0.232. The van der Waals surface area contributed by atoms with Gasteiger partial charge in [-0.2, -0.15) is 0 Å². The Bertz CT molecular complexity index is 535. The first-order valence-electron chi connectivity index (χ1n) is 6.02. The lowest BCUT2D eigenvalue weighted by Crippen LogP contribution is -2.36. The molecular weight excluding hydrogens is 232 g/mol. The number of esters is 1. The summed E-state index contributed by atoms with van der Waals surface area (Å²) in [6, 6.07) is 5.48. The van der Waals surface area contributed by atoms with Gasteiger partial charge < -0.3 is 9.47 Å². The van der Waals surface area contributed by atoms with Gasteiger partial charge in [-0.15, -0.1) is 0 Å². The van der Waals surface area contributed by atoms with Crippen LogP contribution in [-0.2, 0) is 16.0 Å². The lowest BCUT2D eigenvalue weighted by atomic mass is 9.70. The minimum atomic E-state index is -0.612. The number of benzene rings is 1. The van der Waals surface area contributed by atoms with E-state index in [4.69, 9.17) is 9.47 Å². The van der Waals surface area contributed by atoms with Crippen molar-refractivity contribution in [1.29, 1.82) is 0 Å². The van der Waals surface area contributed by atoms with Crippen molar-refractivity contribution in [3.05, 3.63) is 29.3 Å². The summed E-state index contributed by atoms with van der Waals surface area (Å²) >= 11 is 0. The van der Waals surface area contributed by atoms with E-state index in [-0.39, 0.29) is 24.8 Å². The highest BCUT2D eigenvalue weighted by Crippen LogP contribution is 2.42. The molecule has 18 heavy (non-hydrogen) atoms. The first-order chi connectivity index (χ1) is 8.64. The van der Waals surface area contributed by atoms with E-state index in [2.05, 4.69) is 0 Å². The molecule has 1 unspecified atom stereocenters. The molecule has 0 amide bonds. The average molecular weight is 246 g/mol. The summed E-state index contributed by atoms with van der Waals surface area (Å²) in [5.41, 5.74) is 1.10. The highest BCUT2D eigenvalue weighted by atomic mass is 16.5. The predicted octanol–water partition coefficient (Wildman–Crippen LogP) is 1.76. The van der Waals surface area contributed by atoms with E-state index in [0.717, 1.165) is 17.7 Å². The second kappa shape index (κ2) is 3.83. The van der Waals surface area contributed by atoms with E-state index >= 15 is 0 Å². The van der Waals surface area contributed by atoms with Crippen molar-refractivity contribution in [2.75, 3.05) is 13.7 Å². The number of hydrogen-bond donors (Lipinski definition) is 0. The van der Waals surface area contributed by atoms with Crippen molar-refractivity contribution in [1.82, 2.24) is 0 Å². The number of Topliss-reactive ketones (excluding diaryl/α,β-unsaturated/α-hetero) is 1. The highest BCUT2D eigenvalue weighted by molar-refractivity contribution is 6.05. The van der Waals surface area contributed by atoms with Crippen LogP contribution in [0.25, 0.3) is 0 Å². The number of rotatable bonds is 1. The van der Waals surface area contributed by atoms with Crippen molar-refractivity contribution in [3.8, 4) is 5.75 Å². The molecule has 1 aliphatic carbocycles. The summed E-state index contributed by atoms with van der Waals surface area (Å²) in [5.74, 6) is 0.536. The topological polar surface area (TPSA) is 52.6 Å². The fraction of sp³-hybridized carbons (Fsp3) is 0.429.